The summed E-state index contributed by atoms with van der Waals surface area (Å²) in [6, 6.07) is 3.31. The van der Waals surface area contributed by atoms with Crippen molar-refractivity contribution in [3.8, 4) is 0 Å². The Morgan fingerprint density at radius 1 is 1.33 bits per heavy atom. The molecule has 3 N–H and O–H groups in total. The van der Waals surface area contributed by atoms with E-state index in [1.807, 2.05) is 6.92 Å². The van der Waals surface area contributed by atoms with Gasteiger partial charge >= 0.3 is 6.18 Å². The fourth-order valence-corrected chi connectivity index (χ4v) is 1.68. The van der Waals surface area contributed by atoms with Crippen LogP contribution in [-0.2, 0) is 15.7 Å². The van der Waals surface area contributed by atoms with E-state index in [4.69, 9.17) is 10.5 Å². The Hall–Kier alpha value is -1.76. The number of ether oxygens (including phenoxy) is 1. The smallest absolute Gasteiger partial charge is 0.398 e. The van der Waals surface area contributed by atoms with Crippen molar-refractivity contribution in [2.45, 2.75) is 32.4 Å². The van der Waals surface area contributed by atoms with Gasteiger partial charge in [-0.15, -0.1) is 0 Å². The van der Waals surface area contributed by atoms with E-state index >= 15 is 0 Å². The maximum atomic E-state index is 12.7. The monoisotopic (exact) mass is 304 g/mol. The predicted molar refractivity (Wildman–Crippen MR) is 74.8 cm³/mol. The molecule has 7 heteroatoms. The number of amides is 1. The molecule has 0 saturated carbocycles. The van der Waals surface area contributed by atoms with Crippen LogP contribution in [0.4, 0.5) is 24.5 Å². The van der Waals surface area contributed by atoms with Gasteiger partial charge in [0.1, 0.15) is 0 Å². The molecule has 0 unspecified atom stereocenters. The lowest BCUT2D eigenvalue weighted by Gasteiger charge is -2.12. The normalized spacial score (nSPS) is 11.4. The van der Waals surface area contributed by atoms with Gasteiger partial charge in [-0.1, -0.05) is 6.92 Å². The van der Waals surface area contributed by atoms with E-state index in [9.17, 15) is 18.0 Å². The second-order valence-electron chi connectivity index (χ2n) is 4.56. The molecule has 1 aromatic rings. The lowest BCUT2D eigenvalue weighted by atomic mass is 10.1. The molecule has 4 nitrogen and oxygen atoms in total. The molecule has 0 spiro atoms. The number of nitrogens with two attached hydrogens (primary N) is 1. The van der Waals surface area contributed by atoms with Crippen molar-refractivity contribution in [2.24, 2.45) is 0 Å². The average Bonchev–Trinajstić information content (AvgIpc) is 2.39. The summed E-state index contributed by atoms with van der Waals surface area (Å²) in [4.78, 5) is 11.6. The molecule has 0 radical (unpaired) electrons. The molecular weight excluding hydrogens is 285 g/mol. The summed E-state index contributed by atoms with van der Waals surface area (Å²) in [5.74, 6) is -0.354. The van der Waals surface area contributed by atoms with E-state index < -0.39 is 11.7 Å². The molecule has 1 aromatic carbocycles. The molecule has 0 aliphatic rings. The summed E-state index contributed by atoms with van der Waals surface area (Å²) in [6.07, 6.45) is -2.93. The van der Waals surface area contributed by atoms with Crippen LogP contribution in [0.2, 0.25) is 0 Å². The maximum absolute atomic E-state index is 12.7. The van der Waals surface area contributed by atoms with Crippen LogP contribution >= 0.6 is 0 Å². The van der Waals surface area contributed by atoms with Crippen LogP contribution in [0.3, 0.4) is 0 Å². The standard InChI is InChI=1S/C14H19F3N2O2/c1-2-7-21-8-3-4-13(20)19-10-5-6-12(18)11(9-10)14(15,16)17/h5-6,9H,2-4,7-8,18H2,1H3,(H,19,20). The van der Waals surface area contributed by atoms with Crippen molar-refractivity contribution in [1.82, 2.24) is 0 Å². The summed E-state index contributed by atoms with van der Waals surface area (Å²) in [6.45, 7) is 3.07. The minimum Gasteiger partial charge on any atom is -0.398 e. The van der Waals surface area contributed by atoms with Crippen molar-refractivity contribution in [1.29, 1.82) is 0 Å². The SMILES string of the molecule is CCCOCCCC(=O)Nc1ccc(N)c(C(F)(F)F)c1. The first-order chi connectivity index (χ1) is 9.84. The number of nitrogen functional groups attached to an aromatic ring is 1. The number of halogens is 3. The quantitative estimate of drug-likeness (QED) is 0.599. The van der Waals surface area contributed by atoms with Crippen molar-refractivity contribution < 1.29 is 22.7 Å². The van der Waals surface area contributed by atoms with Gasteiger partial charge < -0.3 is 15.8 Å². The number of rotatable bonds is 7. The van der Waals surface area contributed by atoms with Crippen LogP contribution in [0.25, 0.3) is 0 Å². The van der Waals surface area contributed by atoms with Crippen molar-refractivity contribution in [3.63, 3.8) is 0 Å². The molecule has 0 bridgehead atoms. The Morgan fingerprint density at radius 3 is 2.67 bits per heavy atom. The molecule has 1 rings (SSSR count). The van der Waals surface area contributed by atoms with Crippen LogP contribution in [0.5, 0.6) is 0 Å². The van der Waals surface area contributed by atoms with Crippen molar-refractivity contribution in [2.75, 3.05) is 24.3 Å². The van der Waals surface area contributed by atoms with Gasteiger partial charge in [-0.2, -0.15) is 13.2 Å². The van der Waals surface area contributed by atoms with E-state index in [1.165, 1.54) is 6.07 Å². The van der Waals surface area contributed by atoms with Crippen LogP contribution in [0.15, 0.2) is 18.2 Å². The van der Waals surface area contributed by atoms with Gasteiger partial charge in [0.2, 0.25) is 5.91 Å². The number of hydrogen-bond donors (Lipinski definition) is 2. The number of carbonyl (C=O) groups is 1. The van der Waals surface area contributed by atoms with Crippen LogP contribution in [-0.4, -0.2) is 19.1 Å². The third-order valence-corrected chi connectivity index (χ3v) is 2.68. The summed E-state index contributed by atoms with van der Waals surface area (Å²) in [5, 5.41) is 2.42. The first-order valence-electron chi connectivity index (χ1n) is 6.69. The molecular formula is C14H19F3N2O2. The Balaban J connectivity index is 2.53. The number of carbonyl (C=O) groups excluding carboxylic acids is 1. The van der Waals surface area contributed by atoms with Gasteiger partial charge in [0.05, 0.1) is 5.56 Å². The van der Waals surface area contributed by atoms with Gasteiger partial charge in [0.15, 0.2) is 0 Å². The van der Waals surface area contributed by atoms with Crippen LogP contribution < -0.4 is 11.1 Å². The topological polar surface area (TPSA) is 64.3 Å². The molecule has 0 fully saturated rings. The molecule has 0 saturated heterocycles. The lowest BCUT2D eigenvalue weighted by molar-refractivity contribution is -0.136. The third kappa shape index (κ3) is 6.03. The maximum Gasteiger partial charge on any atom is 0.418 e. The largest absolute Gasteiger partial charge is 0.418 e. The number of hydrogen-bond acceptors (Lipinski definition) is 3. The highest BCUT2D eigenvalue weighted by Gasteiger charge is 2.33. The minimum atomic E-state index is -4.54. The number of benzene rings is 1. The third-order valence-electron chi connectivity index (χ3n) is 2.68. The number of alkyl halides is 3. The Morgan fingerprint density at radius 2 is 2.05 bits per heavy atom. The summed E-state index contributed by atoms with van der Waals surface area (Å²) >= 11 is 0. The van der Waals surface area contributed by atoms with E-state index in [0.717, 1.165) is 18.6 Å². The van der Waals surface area contributed by atoms with Crippen molar-refractivity contribution in [3.05, 3.63) is 23.8 Å². The zero-order chi connectivity index (χ0) is 15.9. The molecule has 1 amide bonds. The second kappa shape index (κ2) is 7.87. The molecule has 21 heavy (non-hydrogen) atoms. The fourth-order valence-electron chi connectivity index (χ4n) is 1.68. The molecule has 0 aliphatic heterocycles. The van der Waals surface area contributed by atoms with E-state index in [1.54, 1.807) is 0 Å². The first-order valence-corrected chi connectivity index (χ1v) is 6.69. The van der Waals surface area contributed by atoms with E-state index in [-0.39, 0.29) is 23.7 Å². The van der Waals surface area contributed by atoms with Gasteiger partial charge in [-0.05, 0) is 31.0 Å². The highest BCUT2D eigenvalue weighted by molar-refractivity contribution is 5.91. The molecule has 0 atom stereocenters. The van der Waals surface area contributed by atoms with E-state index in [0.29, 0.717) is 19.6 Å². The van der Waals surface area contributed by atoms with Crippen LogP contribution in [0.1, 0.15) is 31.7 Å². The second-order valence-corrected chi connectivity index (χ2v) is 4.56. The predicted octanol–water partition coefficient (Wildman–Crippen LogP) is 3.43. The minimum absolute atomic E-state index is 0.0796. The number of nitrogens with one attached hydrogen (secondary N) is 1. The molecule has 0 aliphatic carbocycles. The Bertz CT molecular complexity index is 476. The first kappa shape index (κ1) is 17.3. The summed E-state index contributed by atoms with van der Waals surface area (Å²) in [5.41, 5.74) is 4.04. The molecule has 0 aromatic heterocycles. The zero-order valence-corrected chi connectivity index (χ0v) is 11.8. The van der Waals surface area contributed by atoms with Crippen LogP contribution in [0, 0.1) is 0 Å². The lowest BCUT2D eigenvalue weighted by Crippen LogP contribution is -2.14. The van der Waals surface area contributed by atoms with E-state index in [2.05, 4.69) is 5.32 Å². The molecule has 0 heterocycles. The zero-order valence-electron chi connectivity index (χ0n) is 11.8. The summed E-state index contributed by atoms with van der Waals surface area (Å²) < 4.78 is 43.3. The Labute approximate surface area is 121 Å². The number of anilines is 2. The highest BCUT2D eigenvalue weighted by atomic mass is 19.4. The van der Waals surface area contributed by atoms with Gasteiger partial charge in [0.25, 0.3) is 0 Å². The molecule has 118 valence electrons. The van der Waals surface area contributed by atoms with Gasteiger partial charge in [-0.25, -0.2) is 0 Å². The Kier molecular flexibility index (Phi) is 6.48. The van der Waals surface area contributed by atoms with Gasteiger partial charge in [0, 0.05) is 31.0 Å². The fraction of sp³-hybridized carbons (Fsp3) is 0.500. The average molecular weight is 304 g/mol. The summed E-state index contributed by atoms with van der Waals surface area (Å²) in [7, 11) is 0. The van der Waals surface area contributed by atoms with Crippen molar-refractivity contribution >= 4 is 17.3 Å². The van der Waals surface area contributed by atoms with Gasteiger partial charge in [-0.3, -0.25) is 4.79 Å². The highest BCUT2D eigenvalue weighted by Crippen LogP contribution is 2.35.